The standard InChI is InChI=1S/C17H21NO3/c1-12(2)9-13(3)16(19)18-15(11-21-17(18)20)10-14-7-5-4-6-8-14/h4-8,13,15H,1,9-11H2,2-3H3/t13-,15+/m1/s1. The predicted octanol–water partition coefficient (Wildman–Crippen LogP) is 3.18. The maximum absolute atomic E-state index is 12.5. The monoisotopic (exact) mass is 287 g/mol. The lowest BCUT2D eigenvalue weighted by atomic mass is 10.00. The first-order valence-corrected chi connectivity index (χ1v) is 7.17. The molecule has 1 heterocycles. The number of benzene rings is 1. The van der Waals surface area contributed by atoms with Gasteiger partial charge in [-0.15, -0.1) is 6.58 Å². The van der Waals surface area contributed by atoms with Crippen LogP contribution in [0.3, 0.4) is 0 Å². The van der Waals surface area contributed by atoms with E-state index in [-0.39, 0.29) is 24.5 Å². The Balaban J connectivity index is 2.09. The van der Waals surface area contributed by atoms with E-state index in [1.54, 1.807) is 0 Å². The van der Waals surface area contributed by atoms with Gasteiger partial charge in [-0.05, 0) is 25.3 Å². The Labute approximate surface area is 125 Å². The molecule has 0 spiro atoms. The molecule has 1 aliphatic heterocycles. The lowest BCUT2D eigenvalue weighted by Crippen LogP contribution is -2.43. The average Bonchev–Trinajstić information content (AvgIpc) is 2.79. The van der Waals surface area contributed by atoms with E-state index in [1.807, 2.05) is 44.2 Å². The van der Waals surface area contributed by atoms with Crippen LogP contribution in [0.5, 0.6) is 0 Å². The van der Waals surface area contributed by atoms with Crippen molar-refractivity contribution in [3.63, 3.8) is 0 Å². The molecule has 0 N–H and O–H groups in total. The van der Waals surface area contributed by atoms with Crippen molar-refractivity contribution in [3.05, 3.63) is 48.0 Å². The van der Waals surface area contributed by atoms with Crippen molar-refractivity contribution < 1.29 is 14.3 Å². The lowest BCUT2D eigenvalue weighted by molar-refractivity contribution is -0.132. The van der Waals surface area contributed by atoms with Crippen molar-refractivity contribution in [1.29, 1.82) is 0 Å². The summed E-state index contributed by atoms with van der Waals surface area (Å²) in [7, 11) is 0. The van der Waals surface area contributed by atoms with Crippen molar-refractivity contribution in [2.75, 3.05) is 6.61 Å². The van der Waals surface area contributed by atoms with Crippen LogP contribution in [0.25, 0.3) is 0 Å². The van der Waals surface area contributed by atoms with E-state index in [0.29, 0.717) is 12.8 Å². The van der Waals surface area contributed by atoms with Crippen molar-refractivity contribution in [2.45, 2.75) is 32.7 Å². The largest absolute Gasteiger partial charge is 0.447 e. The normalized spacial score (nSPS) is 19.2. The van der Waals surface area contributed by atoms with Crippen molar-refractivity contribution in [1.82, 2.24) is 4.90 Å². The van der Waals surface area contributed by atoms with Crippen LogP contribution in [0.15, 0.2) is 42.5 Å². The molecule has 0 radical (unpaired) electrons. The molecule has 0 unspecified atom stereocenters. The van der Waals surface area contributed by atoms with E-state index < -0.39 is 6.09 Å². The minimum absolute atomic E-state index is 0.179. The number of imide groups is 1. The first-order chi connectivity index (χ1) is 9.99. The topological polar surface area (TPSA) is 46.6 Å². The molecule has 0 aliphatic carbocycles. The smallest absolute Gasteiger partial charge is 0.416 e. The van der Waals surface area contributed by atoms with Crippen LogP contribution in [0.2, 0.25) is 0 Å². The zero-order chi connectivity index (χ0) is 15.4. The van der Waals surface area contributed by atoms with Crippen LogP contribution < -0.4 is 0 Å². The first-order valence-electron chi connectivity index (χ1n) is 7.17. The third-order valence-corrected chi connectivity index (χ3v) is 3.59. The minimum Gasteiger partial charge on any atom is -0.447 e. The summed E-state index contributed by atoms with van der Waals surface area (Å²) in [5, 5.41) is 0. The molecular formula is C17H21NO3. The van der Waals surface area contributed by atoms with Crippen molar-refractivity contribution >= 4 is 12.0 Å². The summed E-state index contributed by atoms with van der Waals surface area (Å²) in [5.74, 6) is -0.437. The van der Waals surface area contributed by atoms with Gasteiger partial charge in [-0.3, -0.25) is 4.79 Å². The fraction of sp³-hybridized carbons (Fsp3) is 0.412. The average molecular weight is 287 g/mol. The Hall–Kier alpha value is -2.10. The van der Waals surface area contributed by atoms with Gasteiger partial charge in [0, 0.05) is 5.92 Å². The summed E-state index contributed by atoms with van der Waals surface area (Å²) in [6.07, 6.45) is 0.674. The fourth-order valence-corrected chi connectivity index (χ4v) is 2.61. The third-order valence-electron chi connectivity index (χ3n) is 3.59. The van der Waals surface area contributed by atoms with E-state index in [0.717, 1.165) is 11.1 Å². The molecule has 21 heavy (non-hydrogen) atoms. The number of hydrogen-bond acceptors (Lipinski definition) is 3. The molecule has 1 saturated heterocycles. The highest BCUT2D eigenvalue weighted by atomic mass is 16.6. The summed E-state index contributed by atoms with van der Waals surface area (Å²) in [4.78, 5) is 25.6. The number of ether oxygens (including phenoxy) is 1. The second-order valence-corrected chi connectivity index (χ2v) is 5.69. The molecule has 4 nitrogen and oxygen atoms in total. The zero-order valence-corrected chi connectivity index (χ0v) is 12.5. The van der Waals surface area contributed by atoms with Crippen LogP contribution >= 0.6 is 0 Å². The second-order valence-electron chi connectivity index (χ2n) is 5.69. The number of amides is 2. The quantitative estimate of drug-likeness (QED) is 0.781. The van der Waals surface area contributed by atoms with Crippen molar-refractivity contribution in [2.24, 2.45) is 5.92 Å². The maximum atomic E-state index is 12.5. The van der Waals surface area contributed by atoms with Gasteiger partial charge in [0.2, 0.25) is 5.91 Å². The van der Waals surface area contributed by atoms with Crippen LogP contribution in [0.4, 0.5) is 4.79 Å². The molecular weight excluding hydrogens is 266 g/mol. The minimum atomic E-state index is -0.533. The highest BCUT2D eigenvalue weighted by molar-refractivity contribution is 5.94. The molecule has 1 aromatic carbocycles. The van der Waals surface area contributed by atoms with Gasteiger partial charge in [0.05, 0.1) is 6.04 Å². The zero-order valence-electron chi connectivity index (χ0n) is 12.5. The molecule has 2 rings (SSSR count). The molecule has 112 valence electrons. The summed E-state index contributed by atoms with van der Waals surface area (Å²) < 4.78 is 5.07. The van der Waals surface area contributed by atoms with Crippen LogP contribution in [0, 0.1) is 5.92 Å². The van der Waals surface area contributed by atoms with Gasteiger partial charge < -0.3 is 4.74 Å². The Kier molecular flexibility index (Phi) is 4.78. The van der Waals surface area contributed by atoms with Crippen molar-refractivity contribution in [3.8, 4) is 0 Å². The summed E-state index contributed by atoms with van der Waals surface area (Å²) in [6, 6.07) is 9.59. The summed E-state index contributed by atoms with van der Waals surface area (Å²) in [6.45, 7) is 7.79. The number of cyclic esters (lactones) is 1. The SMILES string of the molecule is C=C(C)C[C@@H](C)C(=O)N1C(=O)OC[C@@H]1Cc1ccccc1. The van der Waals surface area contributed by atoms with Crippen LogP contribution in [0.1, 0.15) is 25.8 Å². The summed E-state index contributed by atoms with van der Waals surface area (Å²) >= 11 is 0. The van der Waals surface area contributed by atoms with Gasteiger partial charge in [0.15, 0.2) is 0 Å². The van der Waals surface area contributed by atoms with E-state index in [1.165, 1.54) is 4.90 Å². The van der Waals surface area contributed by atoms with E-state index >= 15 is 0 Å². The third kappa shape index (κ3) is 3.72. The maximum Gasteiger partial charge on any atom is 0.416 e. The number of carbonyl (C=O) groups excluding carboxylic acids is 2. The Bertz CT molecular complexity index is 538. The highest BCUT2D eigenvalue weighted by Gasteiger charge is 2.39. The number of nitrogens with zero attached hydrogens (tertiary/aromatic N) is 1. The molecule has 0 aromatic heterocycles. The first kappa shape index (κ1) is 15.3. The molecule has 2 atom stereocenters. The van der Waals surface area contributed by atoms with Crippen LogP contribution in [-0.4, -0.2) is 29.5 Å². The number of allylic oxidation sites excluding steroid dienone is 1. The Morgan fingerprint density at radius 1 is 1.43 bits per heavy atom. The van der Waals surface area contributed by atoms with Gasteiger partial charge in [-0.2, -0.15) is 0 Å². The second kappa shape index (κ2) is 6.57. The van der Waals surface area contributed by atoms with E-state index in [4.69, 9.17) is 4.74 Å². The van der Waals surface area contributed by atoms with E-state index in [9.17, 15) is 9.59 Å². The molecule has 1 aromatic rings. The Morgan fingerprint density at radius 2 is 2.10 bits per heavy atom. The Morgan fingerprint density at radius 3 is 2.71 bits per heavy atom. The fourth-order valence-electron chi connectivity index (χ4n) is 2.61. The number of hydrogen-bond donors (Lipinski definition) is 0. The molecule has 4 heteroatoms. The number of carbonyl (C=O) groups is 2. The van der Waals surface area contributed by atoms with Gasteiger partial charge >= 0.3 is 6.09 Å². The van der Waals surface area contributed by atoms with Gasteiger partial charge in [0.1, 0.15) is 6.61 Å². The van der Waals surface area contributed by atoms with E-state index in [2.05, 4.69) is 6.58 Å². The van der Waals surface area contributed by atoms with Gasteiger partial charge in [-0.25, -0.2) is 9.69 Å². The molecule has 2 amide bonds. The highest BCUT2D eigenvalue weighted by Crippen LogP contribution is 2.22. The lowest BCUT2D eigenvalue weighted by Gasteiger charge is -2.23. The molecule has 0 saturated carbocycles. The molecule has 0 bridgehead atoms. The van der Waals surface area contributed by atoms with Crippen LogP contribution in [-0.2, 0) is 16.0 Å². The van der Waals surface area contributed by atoms with Gasteiger partial charge in [-0.1, -0.05) is 42.8 Å². The summed E-state index contributed by atoms with van der Waals surface area (Å²) in [5.41, 5.74) is 2.02. The number of rotatable bonds is 5. The predicted molar refractivity (Wildman–Crippen MR) is 80.7 cm³/mol. The molecule has 1 fully saturated rings. The van der Waals surface area contributed by atoms with Gasteiger partial charge in [0.25, 0.3) is 0 Å². The molecule has 1 aliphatic rings.